The van der Waals surface area contributed by atoms with E-state index in [0.717, 1.165) is 0 Å². The van der Waals surface area contributed by atoms with Gasteiger partial charge in [0.1, 0.15) is 0 Å². The van der Waals surface area contributed by atoms with Crippen molar-refractivity contribution in [3.8, 4) is 5.75 Å². The number of hydrazine groups is 1. The highest BCUT2D eigenvalue weighted by Crippen LogP contribution is 2.28. The van der Waals surface area contributed by atoms with Gasteiger partial charge in [-0.25, -0.2) is 5.01 Å². The second kappa shape index (κ2) is 7.86. The van der Waals surface area contributed by atoms with Crippen molar-refractivity contribution in [2.75, 3.05) is 7.11 Å². The number of amides is 2. The summed E-state index contributed by atoms with van der Waals surface area (Å²) in [7, 11) is 1.29. The number of methoxy groups -OCH3 is 1. The van der Waals surface area contributed by atoms with Gasteiger partial charge in [-0.2, -0.15) is 0 Å². The number of nitro groups is 1. The molecule has 0 aliphatic rings. The Balaban J connectivity index is 2.36. The number of rotatable bonds is 4. The molecular formula is C19H21N3O5. The molecular weight excluding hydrogens is 350 g/mol. The summed E-state index contributed by atoms with van der Waals surface area (Å²) in [6, 6.07) is 12.3. The Morgan fingerprint density at radius 2 is 1.70 bits per heavy atom. The average molecular weight is 371 g/mol. The van der Waals surface area contributed by atoms with E-state index in [0.29, 0.717) is 5.56 Å². The monoisotopic (exact) mass is 371 g/mol. The first kappa shape index (κ1) is 19.9. The van der Waals surface area contributed by atoms with Gasteiger partial charge in [0.05, 0.1) is 17.6 Å². The molecule has 0 spiro atoms. The van der Waals surface area contributed by atoms with Crippen molar-refractivity contribution in [2.45, 2.75) is 26.3 Å². The van der Waals surface area contributed by atoms with E-state index in [-0.39, 0.29) is 17.0 Å². The number of carbonyl (C=O) groups is 2. The summed E-state index contributed by atoms with van der Waals surface area (Å²) in [6.45, 7) is 5.29. The summed E-state index contributed by atoms with van der Waals surface area (Å²) in [5.41, 5.74) is 2.19. The molecule has 2 aromatic carbocycles. The summed E-state index contributed by atoms with van der Waals surface area (Å²) in [6.07, 6.45) is 0. The zero-order chi connectivity index (χ0) is 20.2. The summed E-state index contributed by atoms with van der Waals surface area (Å²) in [5, 5.41) is 12.2. The number of hydrogen-bond donors (Lipinski definition) is 1. The predicted octanol–water partition coefficient (Wildman–Crippen LogP) is 3.19. The van der Waals surface area contributed by atoms with E-state index in [1.54, 1.807) is 51.1 Å². The van der Waals surface area contributed by atoms with Gasteiger partial charge >= 0.3 is 5.69 Å². The Kier molecular flexibility index (Phi) is 5.79. The van der Waals surface area contributed by atoms with Crippen LogP contribution in [0.15, 0.2) is 48.5 Å². The minimum absolute atomic E-state index is 0.0332. The Morgan fingerprint density at radius 1 is 1.07 bits per heavy atom. The summed E-state index contributed by atoms with van der Waals surface area (Å²) in [4.78, 5) is 35.9. The minimum atomic E-state index is -0.740. The molecule has 0 aromatic heterocycles. The van der Waals surface area contributed by atoms with Gasteiger partial charge in [-0.15, -0.1) is 0 Å². The topological polar surface area (TPSA) is 102 Å². The van der Waals surface area contributed by atoms with Crippen molar-refractivity contribution in [3.05, 3.63) is 69.8 Å². The highest BCUT2D eigenvalue weighted by Gasteiger charge is 2.30. The fourth-order valence-corrected chi connectivity index (χ4v) is 2.37. The maximum atomic E-state index is 13.0. The molecule has 0 heterocycles. The number of nitro benzene ring substituents is 1. The van der Waals surface area contributed by atoms with Crippen LogP contribution >= 0.6 is 0 Å². The summed E-state index contributed by atoms with van der Waals surface area (Å²) >= 11 is 0. The molecule has 2 amide bonds. The number of benzene rings is 2. The standard InChI is InChI=1S/C19H21N3O5/c1-19(2,3)21(20-17(23)13-8-6-5-7-9-13)18(24)14-10-11-15(22(25)26)16(12-14)27-4/h5-12H,1-4H3,(H,20,23). The van der Waals surface area contributed by atoms with E-state index in [9.17, 15) is 19.7 Å². The van der Waals surface area contributed by atoms with Crippen LogP contribution in [0.5, 0.6) is 5.75 Å². The molecule has 8 heteroatoms. The Hall–Kier alpha value is -3.42. The van der Waals surface area contributed by atoms with Crippen LogP contribution in [-0.4, -0.2) is 34.4 Å². The van der Waals surface area contributed by atoms with Crippen LogP contribution in [-0.2, 0) is 0 Å². The molecule has 27 heavy (non-hydrogen) atoms. The van der Waals surface area contributed by atoms with Crippen LogP contribution < -0.4 is 10.2 Å². The number of hydrogen-bond acceptors (Lipinski definition) is 5. The van der Waals surface area contributed by atoms with Crippen molar-refractivity contribution < 1.29 is 19.2 Å². The SMILES string of the molecule is COc1cc(C(=O)N(NC(=O)c2ccccc2)C(C)(C)C)ccc1[N+](=O)[O-]. The first-order valence-electron chi connectivity index (χ1n) is 8.18. The smallest absolute Gasteiger partial charge is 0.310 e. The van der Waals surface area contributed by atoms with Crippen LogP contribution in [0, 0.1) is 10.1 Å². The average Bonchev–Trinajstić information content (AvgIpc) is 2.64. The van der Waals surface area contributed by atoms with Crippen molar-refractivity contribution in [1.82, 2.24) is 10.4 Å². The third-order valence-corrected chi connectivity index (χ3v) is 3.75. The maximum Gasteiger partial charge on any atom is 0.310 e. The third kappa shape index (κ3) is 4.60. The lowest BCUT2D eigenvalue weighted by Gasteiger charge is -2.35. The number of nitrogens with zero attached hydrogens (tertiary/aromatic N) is 2. The molecule has 142 valence electrons. The number of nitrogens with one attached hydrogen (secondary N) is 1. The lowest BCUT2D eigenvalue weighted by atomic mass is 10.1. The lowest BCUT2D eigenvalue weighted by Crippen LogP contribution is -2.55. The number of carbonyl (C=O) groups excluding carboxylic acids is 2. The molecule has 0 atom stereocenters. The van der Waals surface area contributed by atoms with Gasteiger partial charge in [-0.1, -0.05) is 18.2 Å². The van der Waals surface area contributed by atoms with E-state index in [1.165, 1.54) is 30.3 Å². The van der Waals surface area contributed by atoms with Crippen LogP contribution in [0.4, 0.5) is 5.69 Å². The van der Waals surface area contributed by atoms with Crippen LogP contribution in [0.2, 0.25) is 0 Å². The van der Waals surface area contributed by atoms with Gasteiger partial charge in [0.2, 0.25) is 0 Å². The van der Waals surface area contributed by atoms with E-state index in [1.807, 2.05) is 0 Å². The van der Waals surface area contributed by atoms with E-state index >= 15 is 0 Å². The first-order valence-corrected chi connectivity index (χ1v) is 8.18. The Morgan fingerprint density at radius 3 is 2.22 bits per heavy atom. The predicted molar refractivity (Wildman–Crippen MR) is 99.5 cm³/mol. The van der Waals surface area contributed by atoms with Crippen LogP contribution in [0.3, 0.4) is 0 Å². The molecule has 0 aliphatic heterocycles. The van der Waals surface area contributed by atoms with Gasteiger partial charge in [0, 0.05) is 23.3 Å². The fourth-order valence-electron chi connectivity index (χ4n) is 2.37. The van der Waals surface area contributed by atoms with Crippen molar-refractivity contribution in [2.24, 2.45) is 0 Å². The highest BCUT2D eigenvalue weighted by atomic mass is 16.6. The fraction of sp³-hybridized carbons (Fsp3) is 0.263. The zero-order valence-electron chi connectivity index (χ0n) is 15.6. The Labute approximate surface area is 156 Å². The second-order valence-electron chi connectivity index (χ2n) is 6.76. The molecule has 8 nitrogen and oxygen atoms in total. The molecule has 0 radical (unpaired) electrons. The quantitative estimate of drug-likeness (QED) is 0.657. The van der Waals surface area contributed by atoms with Crippen molar-refractivity contribution >= 4 is 17.5 Å². The molecule has 0 unspecified atom stereocenters. The summed E-state index contributed by atoms with van der Waals surface area (Å²) in [5.74, 6) is -0.984. The highest BCUT2D eigenvalue weighted by molar-refractivity contribution is 5.99. The Bertz CT molecular complexity index is 859. The van der Waals surface area contributed by atoms with Crippen molar-refractivity contribution in [1.29, 1.82) is 0 Å². The lowest BCUT2D eigenvalue weighted by molar-refractivity contribution is -0.385. The molecule has 0 fully saturated rings. The van der Waals surface area contributed by atoms with Gasteiger partial charge in [0.25, 0.3) is 11.8 Å². The molecule has 2 aromatic rings. The molecule has 0 saturated carbocycles. The third-order valence-electron chi connectivity index (χ3n) is 3.75. The normalized spacial score (nSPS) is 10.8. The molecule has 0 aliphatic carbocycles. The second-order valence-corrected chi connectivity index (χ2v) is 6.76. The first-order chi connectivity index (χ1) is 12.6. The maximum absolute atomic E-state index is 13.0. The molecule has 0 bridgehead atoms. The minimum Gasteiger partial charge on any atom is -0.490 e. The van der Waals surface area contributed by atoms with Crippen LogP contribution in [0.25, 0.3) is 0 Å². The zero-order valence-corrected chi connectivity index (χ0v) is 15.6. The number of ether oxygens (including phenoxy) is 1. The molecule has 2 rings (SSSR count). The largest absolute Gasteiger partial charge is 0.490 e. The van der Waals surface area contributed by atoms with E-state index < -0.39 is 22.3 Å². The van der Waals surface area contributed by atoms with Gasteiger partial charge in [0.15, 0.2) is 5.75 Å². The summed E-state index contributed by atoms with van der Waals surface area (Å²) < 4.78 is 5.01. The van der Waals surface area contributed by atoms with Gasteiger partial charge in [-0.05, 0) is 39.0 Å². The van der Waals surface area contributed by atoms with Crippen molar-refractivity contribution in [3.63, 3.8) is 0 Å². The molecule has 1 N–H and O–H groups in total. The molecule has 0 saturated heterocycles. The van der Waals surface area contributed by atoms with E-state index in [4.69, 9.17) is 4.74 Å². The van der Waals surface area contributed by atoms with Gasteiger partial charge in [-0.3, -0.25) is 25.1 Å². The van der Waals surface area contributed by atoms with Gasteiger partial charge < -0.3 is 4.74 Å². The van der Waals surface area contributed by atoms with E-state index in [2.05, 4.69) is 5.43 Å². The van der Waals surface area contributed by atoms with Crippen LogP contribution in [0.1, 0.15) is 41.5 Å².